The summed E-state index contributed by atoms with van der Waals surface area (Å²) in [5.41, 5.74) is 4.55. The molecular formula is C33H34O7. The number of aryl methyl sites for hydroxylation is 4. The van der Waals surface area contributed by atoms with Crippen molar-refractivity contribution >= 4 is 0 Å². The van der Waals surface area contributed by atoms with Crippen LogP contribution in [0.1, 0.15) is 22.3 Å². The Bertz CT molecular complexity index is 1460. The second-order valence-electron chi connectivity index (χ2n) is 9.46. The van der Waals surface area contributed by atoms with Crippen LogP contribution >= 0.6 is 0 Å². The quantitative estimate of drug-likeness (QED) is 0.195. The van der Waals surface area contributed by atoms with Gasteiger partial charge in [0.2, 0.25) is 18.3 Å². The van der Waals surface area contributed by atoms with Gasteiger partial charge in [0.15, 0.2) is 23.0 Å². The number of hydrogen-bond acceptors (Lipinski definition) is 7. The third-order valence-electron chi connectivity index (χ3n) is 6.89. The van der Waals surface area contributed by atoms with Crippen LogP contribution in [0.4, 0.5) is 0 Å². The van der Waals surface area contributed by atoms with Crippen LogP contribution in [0, 0.1) is 0 Å². The molecule has 0 radical (unpaired) electrons. The topological polar surface area (TPSA) is 64.6 Å². The molecular weight excluding hydrogens is 508 g/mol. The van der Waals surface area contributed by atoms with E-state index in [0.29, 0.717) is 34.5 Å². The molecule has 40 heavy (non-hydrogen) atoms. The lowest BCUT2D eigenvalue weighted by Gasteiger charge is -2.16. The Labute approximate surface area is 235 Å². The van der Waals surface area contributed by atoms with Crippen LogP contribution < -0.4 is 33.2 Å². The molecule has 0 atom stereocenters. The van der Waals surface area contributed by atoms with Crippen LogP contribution in [0.2, 0.25) is 0 Å². The van der Waals surface area contributed by atoms with Crippen LogP contribution in [0.3, 0.4) is 0 Å². The van der Waals surface area contributed by atoms with Crippen molar-refractivity contribution in [1.29, 1.82) is 0 Å². The monoisotopic (exact) mass is 542 g/mol. The van der Waals surface area contributed by atoms with E-state index >= 15 is 0 Å². The molecule has 0 aromatic heterocycles. The van der Waals surface area contributed by atoms with Crippen LogP contribution in [0.15, 0.2) is 72.8 Å². The highest BCUT2D eigenvalue weighted by atomic mass is 16.7. The van der Waals surface area contributed by atoms with Crippen LogP contribution in [0.5, 0.6) is 46.0 Å². The van der Waals surface area contributed by atoms with Crippen LogP contribution in [0.25, 0.3) is 0 Å². The number of rotatable bonds is 12. The largest absolute Gasteiger partial charge is 0.497 e. The Hall–Kier alpha value is -4.52. The molecule has 0 spiro atoms. The fraction of sp³-hybridized carbons (Fsp3) is 0.273. The summed E-state index contributed by atoms with van der Waals surface area (Å²) in [6.45, 7) is 0.202. The lowest BCUT2D eigenvalue weighted by atomic mass is 10.0. The average molecular weight is 543 g/mol. The minimum Gasteiger partial charge on any atom is -0.497 e. The number of hydrogen-bond donors (Lipinski definition) is 0. The van der Waals surface area contributed by atoms with E-state index in [2.05, 4.69) is 24.3 Å². The molecule has 0 unspecified atom stereocenters. The molecule has 1 aliphatic rings. The first-order chi connectivity index (χ1) is 19.6. The van der Waals surface area contributed by atoms with Crippen molar-refractivity contribution in [3.8, 4) is 46.0 Å². The molecule has 4 aromatic rings. The fourth-order valence-corrected chi connectivity index (χ4v) is 4.83. The Morgan fingerprint density at radius 2 is 1.15 bits per heavy atom. The van der Waals surface area contributed by atoms with E-state index in [1.165, 1.54) is 11.1 Å². The van der Waals surface area contributed by atoms with Crippen molar-refractivity contribution in [1.82, 2.24) is 0 Å². The van der Waals surface area contributed by atoms with Gasteiger partial charge in [-0.05, 0) is 96.5 Å². The zero-order chi connectivity index (χ0) is 27.9. The SMILES string of the molecule is COc1cccc(CCc2cccc(Oc3cc(CCc4cc(OC)c5c(c4)OCO5)cc(OC)c3OC)c2)c1. The standard InChI is InChI=1S/C33H34O7/c1-34-26-9-5-7-22(15-26)11-12-23-8-6-10-27(16-23)40-31-20-25(17-28(35-2)32(31)37-4)14-13-24-18-29(36-3)33-30(19-24)38-21-39-33/h5-10,15-20H,11-14,21H2,1-4H3. The van der Waals surface area contributed by atoms with Crippen LogP contribution in [-0.2, 0) is 25.7 Å². The van der Waals surface area contributed by atoms with Gasteiger partial charge in [0.05, 0.1) is 28.4 Å². The molecule has 208 valence electrons. The van der Waals surface area contributed by atoms with Crippen LogP contribution in [-0.4, -0.2) is 35.2 Å². The van der Waals surface area contributed by atoms with Gasteiger partial charge in [-0.1, -0.05) is 24.3 Å². The maximum Gasteiger partial charge on any atom is 0.231 e. The van der Waals surface area contributed by atoms with Gasteiger partial charge < -0.3 is 33.2 Å². The third-order valence-corrected chi connectivity index (χ3v) is 6.89. The minimum atomic E-state index is 0.202. The highest BCUT2D eigenvalue weighted by Crippen LogP contribution is 2.43. The first-order valence-electron chi connectivity index (χ1n) is 13.2. The van der Waals surface area contributed by atoms with Gasteiger partial charge in [-0.25, -0.2) is 0 Å². The first kappa shape index (κ1) is 27.1. The third kappa shape index (κ3) is 6.20. The smallest absolute Gasteiger partial charge is 0.231 e. The van der Waals surface area contributed by atoms with Gasteiger partial charge in [0, 0.05) is 0 Å². The van der Waals surface area contributed by atoms with Gasteiger partial charge in [0.1, 0.15) is 11.5 Å². The lowest BCUT2D eigenvalue weighted by molar-refractivity contribution is 0.171. The van der Waals surface area contributed by atoms with Crippen molar-refractivity contribution in [2.24, 2.45) is 0 Å². The first-order valence-corrected chi connectivity index (χ1v) is 13.2. The summed E-state index contributed by atoms with van der Waals surface area (Å²) in [5, 5.41) is 0. The minimum absolute atomic E-state index is 0.202. The molecule has 7 nitrogen and oxygen atoms in total. The number of benzene rings is 4. The second-order valence-corrected chi connectivity index (χ2v) is 9.46. The molecule has 0 aliphatic carbocycles. The van der Waals surface area contributed by atoms with E-state index in [9.17, 15) is 0 Å². The summed E-state index contributed by atoms with van der Waals surface area (Å²) >= 11 is 0. The normalized spacial score (nSPS) is 11.7. The van der Waals surface area contributed by atoms with Gasteiger partial charge in [-0.15, -0.1) is 0 Å². The molecule has 7 heteroatoms. The molecule has 0 saturated carbocycles. The molecule has 1 heterocycles. The maximum absolute atomic E-state index is 6.38. The van der Waals surface area contributed by atoms with Crippen molar-refractivity contribution in [3.05, 3.63) is 95.1 Å². The van der Waals surface area contributed by atoms with Gasteiger partial charge in [0.25, 0.3) is 0 Å². The summed E-state index contributed by atoms with van der Waals surface area (Å²) in [5.74, 6) is 5.41. The number of methoxy groups -OCH3 is 4. The van der Waals surface area contributed by atoms with E-state index in [1.807, 2.05) is 48.5 Å². The molecule has 1 aliphatic heterocycles. The maximum atomic E-state index is 6.38. The van der Waals surface area contributed by atoms with E-state index in [0.717, 1.165) is 48.3 Å². The van der Waals surface area contributed by atoms with Crippen molar-refractivity contribution < 1.29 is 33.2 Å². The highest BCUT2D eigenvalue weighted by Gasteiger charge is 2.20. The predicted octanol–water partition coefficient (Wildman–Crippen LogP) is 6.81. The van der Waals surface area contributed by atoms with E-state index < -0.39 is 0 Å². The van der Waals surface area contributed by atoms with Gasteiger partial charge in [-0.3, -0.25) is 0 Å². The summed E-state index contributed by atoms with van der Waals surface area (Å²) in [6, 6.07) is 24.3. The van der Waals surface area contributed by atoms with Gasteiger partial charge in [-0.2, -0.15) is 0 Å². The van der Waals surface area contributed by atoms with E-state index in [-0.39, 0.29) is 6.79 Å². The fourth-order valence-electron chi connectivity index (χ4n) is 4.83. The zero-order valence-electron chi connectivity index (χ0n) is 23.3. The van der Waals surface area contributed by atoms with E-state index in [4.69, 9.17) is 33.2 Å². The molecule has 0 saturated heterocycles. The molecule has 0 amide bonds. The van der Waals surface area contributed by atoms with E-state index in [1.54, 1.807) is 28.4 Å². The average Bonchev–Trinajstić information content (AvgIpc) is 3.47. The highest BCUT2D eigenvalue weighted by molar-refractivity contribution is 5.57. The van der Waals surface area contributed by atoms with Crippen molar-refractivity contribution in [2.45, 2.75) is 25.7 Å². The summed E-state index contributed by atoms with van der Waals surface area (Å²) in [4.78, 5) is 0. The molecule has 0 fully saturated rings. The van der Waals surface area contributed by atoms with Crippen molar-refractivity contribution in [2.75, 3.05) is 35.2 Å². The summed E-state index contributed by atoms with van der Waals surface area (Å²) in [7, 11) is 6.57. The summed E-state index contributed by atoms with van der Waals surface area (Å²) in [6.07, 6.45) is 3.30. The molecule has 4 aromatic carbocycles. The Morgan fingerprint density at radius 1 is 0.550 bits per heavy atom. The Kier molecular flexibility index (Phi) is 8.50. The summed E-state index contributed by atoms with van der Waals surface area (Å²) < 4.78 is 39.7. The number of fused-ring (bicyclic) bond motifs is 1. The molecule has 0 bridgehead atoms. The second kappa shape index (κ2) is 12.6. The Morgan fingerprint density at radius 3 is 1.82 bits per heavy atom. The zero-order valence-corrected chi connectivity index (χ0v) is 23.3. The predicted molar refractivity (Wildman–Crippen MR) is 153 cm³/mol. The lowest BCUT2D eigenvalue weighted by Crippen LogP contribution is -1.99. The van der Waals surface area contributed by atoms with Crippen molar-refractivity contribution in [3.63, 3.8) is 0 Å². The van der Waals surface area contributed by atoms with Gasteiger partial charge >= 0.3 is 0 Å². The molecule has 0 N–H and O–H groups in total. The Balaban J connectivity index is 1.33. The molecule has 5 rings (SSSR count). The number of ether oxygens (including phenoxy) is 7.